The highest BCUT2D eigenvalue weighted by atomic mass is 35.5. The summed E-state index contributed by atoms with van der Waals surface area (Å²) < 4.78 is 7.56. The van der Waals surface area contributed by atoms with Crippen LogP contribution in [0, 0.1) is 0 Å². The molecule has 0 saturated heterocycles. The molecule has 2 heterocycles. The number of ether oxygens (including phenoxy) is 1. The molecule has 1 aliphatic rings. The van der Waals surface area contributed by atoms with Crippen LogP contribution in [0.5, 0.6) is 0 Å². The molecule has 5 heteroatoms. The highest BCUT2D eigenvalue weighted by molar-refractivity contribution is 6.30. The van der Waals surface area contributed by atoms with E-state index >= 15 is 0 Å². The topological polar surface area (TPSA) is 39.4 Å². The fourth-order valence-electron chi connectivity index (χ4n) is 4.58. The Bertz CT molecular complexity index is 1230. The number of nitrogens with zero attached hydrogens (tertiary/aromatic N) is 3. The fraction of sp³-hybridized carbons (Fsp3) is 0.308. The number of hydrogen-bond acceptors (Lipinski definition) is 3. The minimum Gasteiger partial charge on any atom is -0.378 e. The van der Waals surface area contributed by atoms with Crippen molar-refractivity contribution in [2.75, 3.05) is 7.11 Å². The van der Waals surface area contributed by atoms with Crippen molar-refractivity contribution < 1.29 is 4.74 Å². The summed E-state index contributed by atoms with van der Waals surface area (Å²) >= 11 is 6.16. The van der Waals surface area contributed by atoms with Gasteiger partial charge in [-0.1, -0.05) is 54.9 Å². The molecule has 0 amide bonds. The molecule has 0 atom stereocenters. The molecule has 2 aromatic heterocycles. The third-order valence-electron chi connectivity index (χ3n) is 6.18. The summed E-state index contributed by atoms with van der Waals surface area (Å²) in [5.74, 6) is 0. The molecule has 5 rings (SSSR count). The number of halogens is 1. The summed E-state index contributed by atoms with van der Waals surface area (Å²) in [4.78, 5) is 5.23. The number of fused-ring (bicyclic) bond motifs is 3. The van der Waals surface area contributed by atoms with Gasteiger partial charge in [0.1, 0.15) is 0 Å². The van der Waals surface area contributed by atoms with Gasteiger partial charge in [-0.3, -0.25) is 0 Å². The number of aryl methyl sites for hydroxylation is 2. The Morgan fingerprint density at radius 3 is 2.39 bits per heavy atom. The molecule has 4 nitrogen and oxygen atoms in total. The quantitative estimate of drug-likeness (QED) is 0.372. The van der Waals surface area contributed by atoms with Crippen molar-refractivity contribution in [3.8, 4) is 22.4 Å². The minimum atomic E-state index is 0.441. The zero-order chi connectivity index (χ0) is 21.4. The van der Waals surface area contributed by atoms with Gasteiger partial charge >= 0.3 is 0 Å². The highest BCUT2D eigenvalue weighted by Crippen LogP contribution is 2.36. The van der Waals surface area contributed by atoms with E-state index in [0.29, 0.717) is 6.61 Å². The van der Waals surface area contributed by atoms with Crippen LogP contribution >= 0.6 is 11.6 Å². The van der Waals surface area contributed by atoms with E-state index in [9.17, 15) is 0 Å². The lowest BCUT2D eigenvalue weighted by Crippen LogP contribution is -2.13. The maximum absolute atomic E-state index is 6.16. The predicted octanol–water partition coefficient (Wildman–Crippen LogP) is 6.30. The van der Waals surface area contributed by atoms with E-state index in [-0.39, 0.29) is 0 Å². The van der Waals surface area contributed by atoms with Crippen LogP contribution in [-0.4, -0.2) is 21.7 Å². The monoisotopic (exact) mass is 431 g/mol. The number of rotatable bonds is 5. The lowest BCUT2D eigenvalue weighted by molar-refractivity contribution is 0.181. The van der Waals surface area contributed by atoms with Crippen LogP contribution in [0.3, 0.4) is 0 Å². The summed E-state index contributed by atoms with van der Waals surface area (Å²) in [6, 6.07) is 16.7. The second-order valence-corrected chi connectivity index (χ2v) is 8.58. The normalized spacial score (nSPS) is 13.5. The second-order valence-electron chi connectivity index (χ2n) is 8.14. The van der Waals surface area contributed by atoms with Gasteiger partial charge in [-0.25, -0.2) is 9.50 Å². The Morgan fingerprint density at radius 1 is 0.968 bits per heavy atom. The maximum atomic E-state index is 6.16. The lowest BCUT2D eigenvalue weighted by Gasteiger charge is -2.20. The van der Waals surface area contributed by atoms with Crippen LogP contribution in [0.1, 0.15) is 42.3 Å². The summed E-state index contributed by atoms with van der Waals surface area (Å²) in [6.45, 7) is 2.62. The molecule has 2 aromatic carbocycles. The number of methoxy groups -OCH3 is 1. The molecular formula is C26H26ClN3O. The van der Waals surface area contributed by atoms with E-state index < -0.39 is 0 Å². The first-order valence-electron chi connectivity index (χ1n) is 11.0. The lowest BCUT2D eigenvalue weighted by atomic mass is 9.91. The second kappa shape index (κ2) is 8.45. The standard InChI is InChI=1S/C26H26ClN3O/c1-3-17-8-10-19(11-9-17)25-21-6-4-5-7-23(21)30-26(28-25)24(22(29-30)16-31-2)18-12-14-20(27)15-13-18/h8-15H,3-7,16H2,1-2H3. The van der Waals surface area contributed by atoms with E-state index in [1.807, 2.05) is 24.3 Å². The molecule has 0 fully saturated rings. The molecule has 1 aliphatic carbocycles. The first-order valence-corrected chi connectivity index (χ1v) is 11.3. The first-order chi connectivity index (χ1) is 15.2. The molecule has 0 aliphatic heterocycles. The average Bonchev–Trinajstić information content (AvgIpc) is 3.17. The average molecular weight is 432 g/mol. The number of benzene rings is 2. The molecule has 0 spiro atoms. The van der Waals surface area contributed by atoms with Crippen LogP contribution in [-0.2, 0) is 30.6 Å². The minimum absolute atomic E-state index is 0.441. The van der Waals surface area contributed by atoms with Crippen molar-refractivity contribution >= 4 is 17.2 Å². The van der Waals surface area contributed by atoms with Crippen LogP contribution in [0.2, 0.25) is 5.02 Å². The van der Waals surface area contributed by atoms with Crippen LogP contribution in [0.4, 0.5) is 0 Å². The SMILES string of the molecule is CCc1ccc(-c2nc3c(-c4ccc(Cl)cc4)c(COC)nn3c3c2CCCC3)cc1. The van der Waals surface area contributed by atoms with E-state index in [1.165, 1.54) is 35.2 Å². The van der Waals surface area contributed by atoms with Crippen molar-refractivity contribution in [3.63, 3.8) is 0 Å². The Morgan fingerprint density at radius 2 is 1.68 bits per heavy atom. The summed E-state index contributed by atoms with van der Waals surface area (Å²) in [5, 5.41) is 5.69. The molecule has 0 saturated carbocycles. The van der Waals surface area contributed by atoms with Gasteiger partial charge < -0.3 is 4.74 Å². The Balaban J connectivity index is 1.80. The summed E-state index contributed by atoms with van der Waals surface area (Å²) in [7, 11) is 1.71. The van der Waals surface area contributed by atoms with E-state index in [2.05, 4.69) is 35.7 Å². The maximum Gasteiger partial charge on any atom is 0.164 e. The predicted molar refractivity (Wildman–Crippen MR) is 126 cm³/mol. The van der Waals surface area contributed by atoms with Gasteiger partial charge in [-0.15, -0.1) is 0 Å². The molecule has 31 heavy (non-hydrogen) atoms. The molecule has 0 unspecified atom stereocenters. The van der Waals surface area contributed by atoms with Crippen molar-refractivity contribution in [1.29, 1.82) is 0 Å². The number of hydrogen-bond donors (Lipinski definition) is 0. The smallest absolute Gasteiger partial charge is 0.164 e. The van der Waals surface area contributed by atoms with Gasteiger partial charge in [-0.05, 0) is 55.4 Å². The first kappa shape index (κ1) is 20.2. The zero-order valence-electron chi connectivity index (χ0n) is 18.0. The van der Waals surface area contributed by atoms with Crippen molar-refractivity contribution in [1.82, 2.24) is 14.6 Å². The van der Waals surface area contributed by atoms with Gasteiger partial charge in [0.15, 0.2) is 5.65 Å². The van der Waals surface area contributed by atoms with Crippen LogP contribution < -0.4 is 0 Å². The summed E-state index contributed by atoms with van der Waals surface area (Å²) in [6.07, 6.45) is 5.46. The van der Waals surface area contributed by atoms with Crippen molar-refractivity contribution in [3.05, 3.63) is 76.1 Å². The van der Waals surface area contributed by atoms with Gasteiger partial charge in [0.05, 0.1) is 23.6 Å². The fourth-order valence-corrected chi connectivity index (χ4v) is 4.71. The molecule has 0 bridgehead atoms. The number of aromatic nitrogens is 3. The Hall–Kier alpha value is -2.69. The summed E-state index contributed by atoms with van der Waals surface area (Å²) in [5.41, 5.74) is 10.1. The molecular weight excluding hydrogens is 406 g/mol. The van der Waals surface area contributed by atoms with Gasteiger partial charge in [0, 0.05) is 29.0 Å². The van der Waals surface area contributed by atoms with Gasteiger partial charge in [0.2, 0.25) is 0 Å². The van der Waals surface area contributed by atoms with E-state index in [1.54, 1.807) is 7.11 Å². The van der Waals surface area contributed by atoms with Crippen LogP contribution in [0.25, 0.3) is 28.0 Å². The largest absolute Gasteiger partial charge is 0.378 e. The Labute approximate surface area is 187 Å². The highest BCUT2D eigenvalue weighted by Gasteiger charge is 2.25. The van der Waals surface area contributed by atoms with Crippen LogP contribution in [0.15, 0.2) is 48.5 Å². The molecule has 158 valence electrons. The van der Waals surface area contributed by atoms with Crippen molar-refractivity contribution in [2.45, 2.75) is 45.6 Å². The van der Waals surface area contributed by atoms with Gasteiger partial charge in [0.25, 0.3) is 0 Å². The Kier molecular flexibility index (Phi) is 5.51. The van der Waals surface area contributed by atoms with Crippen molar-refractivity contribution in [2.24, 2.45) is 0 Å². The van der Waals surface area contributed by atoms with E-state index in [0.717, 1.165) is 52.4 Å². The third kappa shape index (κ3) is 3.64. The molecule has 4 aromatic rings. The van der Waals surface area contributed by atoms with Gasteiger partial charge in [-0.2, -0.15) is 5.10 Å². The molecule has 0 N–H and O–H groups in total. The third-order valence-corrected chi connectivity index (χ3v) is 6.43. The van der Waals surface area contributed by atoms with E-state index in [4.69, 9.17) is 26.4 Å². The zero-order valence-corrected chi connectivity index (χ0v) is 18.7. The molecule has 0 radical (unpaired) electrons.